The topological polar surface area (TPSA) is 169 Å². The van der Waals surface area contributed by atoms with Crippen LogP contribution in [-0.4, -0.2) is 64.9 Å². The van der Waals surface area contributed by atoms with Crippen LogP contribution in [0, 0.1) is 0 Å². The summed E-state index contributed by atoms with van der Waals surface area (Å²) < 4.78 is 26.8. The first kappa shape index (κ1) is 51.4. The molecule has 0 aromatic rings. The monoisotopic (exact) mass is 784 g/mol. The number of carboxylic acids is 1. The second-order valence-corrected chi connectivity index (χ2v) is 15.3. The number of esters is 1. The van der Waals surface area contributed by atoms with E-state index in [9.17, 15) is 34.1 Å². The molecule has 4 N–H and O–H groups in total. The first-order valence-electron chi connectivity index (χ1n) is 20.7. The number of carbonyl (C=O) groups excluding carboxylic acids is 2. The van der Waals surface area contributed by atoms with Gasteiger partial charge < -0.3 is 25.2 Å². The van der Waals surface area contributed by atoms with Crippen molar-refractivity contribution >= 4 is 25.7 Å². The van der Waals surface area contributed by atoms with Crippen LogP contribution in [0.3, 0.4) is 0 Å². The van der Waals surface area contributed by atoms with Crippen LogP contribution in [0.2, 0.25) is 0 Å². The molecule has 0 aliphatic heterocycles. The molecule has 0 rings (SSSR count). The predicted molar refractivity (Wildman–Crippen MR) is 217 cm³/mol. The molecule has 0 spiro atoms. The fourth-order valence-corrected chi connectivity index (χ4v) is 6.10. The number of ether oxygens (including phenoxy) is 1. The Morgan fingerprint density at radius 1 is 0.593 bits per heavy atom. The molecule has 0 aromatic heterocycles. The zero-order valence-electron chi connectivity index (χ0n) is 33.5. The lowest BCUT2D eigenvalue weighted by Gasteiger charge is -2.18. The molecule has 3 unspecified atom stereocenters. The molecule has 11 nitrogen and oxygen atoms in total. The Balaban J connectivity index is 3.97. The van der Waals surface area contributed by atoms with Gasteiger partial charge in [-0.15, -0.1) is 0 Å². The third kappa shape index (κ3) is 36.4. The summed E-state index contributed by atoms with van der Waals surface area (Å²) >= 11 is 0. The third-order valence-corrected chi connectivity index (χ3v) is 9.52. The molecule has 312 valence electrons. The largest absolute Gasteiger partial charge is 0.480 e. The Bertz CT molecular complexity index is 1110. The minimum absolute atomic E-state index is 0.134. The van der Waals surface area contributed by atoms with Crippen LogP contribution in [0.4, 0.5) is 0 Å². The van der Waals surface area contributed by atoms with Crippen molar-refractivity contribution in [3.05, 3.63) is 48.6 Å². The number of phosphoric acid groups is 1. The van der Waals surface area contributed by atoms with E-state index in [0.717, 1.165) is 89.9 Å². The number of carbonyl (C=O) groups is 3. The molecule has 0 saturated carbocycles. The number of amides is 1. The lowest BCUT2D eigenvalue weighted by Crippen LogP contribution is -2.43. The number of aliphatic hydroxyl groups is 1. The zero-order valence-corrected chi connectivity index (χ0v) is 34.4. The lowest BCUT2D eigenvalue weighted by atomic mass is 10.1. The number of aliphatic hydroxyl groups excluding tert-OH is 1. The summed E-state index contributed by atoms with van der Waals surface area (Å²) in [5.41, 5.74) is 0. The number of unbranched alkanes of at least 4 members (excludes halogenated alkanes) is 16. The van der Waals surface area contributed by atoms with E-state index in [1.165, 1.54) is 38.5 Å². The standard InChI is InChI=1S/C42H74NO10P/c1-3-5-7-9-11-13-15-17-18-19-20-22-23-25-27-29-31-33-40(45)43-39(42(47)48)37-53-54(49,50)52-36-38(44)35-51-41(46)34-32-30-28-26-24-21-16-14-12-10-8-6-4-2/h8,10-11,13-14,16-18,38-39,44H,3-7,9,12,15,19-37H2,1-2H3,(H,43,45)(H,47,48)(H,49,50)/b10-8-,13-11-,16-14-,18-17-. The maximum atomic E-state index is 12.3. The van der Waals surface area contributed by atoms with Crippen molar-refractivity contribution < 1.29 is 47.8 Å². The van der Waals surface area contributed by atoms with Crippen molar-refractivity contribution in [3.63, 3.8) is 0 Å². The maximum Gasteiger partial charge on any atom is 0.472 e. The van der Waals surface area contributed by atoms with Gasteiger partial charge in [-0.05, 0) is 70.6 Å². The van der Waals surface area contributed by atoms with Gasteiger partial charge in [0.25, 0.3) is 0 Å². The van der Waals surface area contributed by atoms with E-state index in [1.807, 2.05) is 0 Å². The van der Waals surface area contributed by atoms with Crippen molar-refractivity contribution in [2.45, 2.75) is 180 Å². The van der Waals surface area contributed by atoms with Crippen molar-refractivity contribution in [1.29, 1.82) is 0 Å². The number of hydrogen-bond donors (Lipinski definition) is 4. The molecule has 0 aliphatic carbocycles. The number of allylic oxidation sites excluding steroid dienone is 8. The maximum absolute atomic E-state index is 12.3. The van der Waals surface area contributed by atoms with Crippen LogP contribution >= 0.6 is 7.82 Å². The molecule has 1 amide bonds. The second kappa shape index (κ2) is 37.4. The molecule has 54 heavy (non-hydrogen) atoms. The highest BCUT2D eigenvalue weighted by molar-refractivity contribution is 7.47. The van der Waals surface area contributed by atoms with Gasteiger partial charge in [0, 0.05) is 12.8 Å². The van der Waals surface area contributed by atoms with E-state index in [1.54, 1.807) is 0 Å². The van der Waals surface area contributed by atoms with Gasteiger partial charge in [0.15, 0.2) is 6.04 Å². The normalized spacial score (nSPS) is 14.3. The molecule has 3 atom stereocenters. The predicted octanol–water partition coefficient (Wildman–Crippen LogP) is 10.2. The van der Waals surface area contributed by atoms with E-state index < -0.39 is 57.6 Å². The van der Waals surface area contributed by atoms with E-state index >= 15 is 0 Å². The van der Waals surface area contributed by atoms with Gasteiger partial charge in [-0.3, -0.25) is 18.6 Å². The number of nitrogens with one attached hydrogen (secondary N) is 1. The van der Waals surface area contributed by atoms with Gasteiger partial charge in [0.2, 0.25) is 5.91 Å². The summed E-state index contributed by atoms with van der Waals surface area (Å²) in [6.07, 6.45) is 39.9. The van der Waals surface area contributed by atoms with Crippen molar-refractivity contribution in [1.82, 2.24) is 5.32 Å². The Morgan fingerprint density at radius 2 is 1.06 bits per heavy atom. The fraction of sp³-hybridized carbons (Fsp3) is 0.738. The average Bonchev–Trinajstić information content (AvgIpc) is 3.14. The van der Waals surface area contributed by atoms with Gasteiger partial charge in [-0.25, -0.2) is 9.36 Å². The van der Waals surface area contributed by atoms with Crippen LogP contribution < -0.4 is 5.32 Å². The molecule has 0 saturated heterocycles. The highest BCUT2D eigenvalue weighted by Crippen LogP contribution is 2.43. The van der Waals surface area contributed by atoms with Crippen molar-refractivity contribution in [3.8, 4) is 0 Å². The summed E-state index contributed by atoms with van der Waals surface area (Å²) in [6, 6.07) is -1.55. The summed E-state index contributed by atoms with van der Waals surface area (Å²) in [6.45, 7) is 2.46. The Morgan fingerprint density at radius 3 is 1.57 bits per heavy atom. The number of phosphoric ester groups is 1. The highest BCUT2D eigenvalue weighted by Gasteiger charge is 2.28. The first-order valence-corrected chi connectivity index (χ1v) is 22.2. The Labute approximate surface area is 326 Å². The summed E-state index contributed by atoms with van der Waals surface area (Å²) in [5.74, 6) is -2.40. The number of rotatable bonds is 38. The van der Waals surface area contributed by atoms with E-state index in [2.05, 4.69) is 67.8 Å². The second-order valence-electron chi connectivity index (χ2n) is 13.8. The van der Waals surface area contributed by atoms with Gasteiger partial charge in [0.1, 0.15) is 12.7 Å². The van der Waals surface area contributed by atoms with Crippen LogP contribution in [0.25, 0.3) is 0 Å². The molecule has 0 aromatic carbocycles. The molecule has 12 heteroatoms. The van der Waals surface area contributed by atoms with Crippen LogP contribution in [0.15, 0.2) is 48.6 Å². The fourth-order valence-electron chi connectivity index (χ4n) is 5.32. The van der Waals surface area contributed by atoms with Gasteiger partial charge in [-0.2, -0.15) is 0 Å². The number of hydrogen-bond acceptors (Lipinski definition) is 8. The molecular weight excluding hydrogens is 709 g/mol. The molecular formula is C42H74NO10P. The average molecular weight is 784 g/mol. The van der Waals surface area contributed by atoms with Crippen LogP contribution in [0.5, 0.6) is 0 Å². The highest BCUT2D eigenvalue weighted by atomic mass is 31.2. The molecule has 0 heterocycles. The number of carboxylic acid groups (broad SMARTS) is 1. The molecule has 0 fully saturated rings. The lowest BCUT2D eigenvalue weighted by molar-refractivity contribution is -0.147. The van der Waals surface area contributed by atoms with Gasteiger partial charge in [-0.1, -0.05) is 133 Å². The molecule has 0 aliphatic rings. The van der Waals surface area contributed by atoms with Gasteiger partial charge >= 0.3 is 19.8 Å². The third-order valence-electron chi connectivity index (χ3n) is 8.57. The van der Waals surface area contributed by atoms with Crippen molar-refractivity contribution in [2.24, 2.45) is 0 Å². The van der Waals surface area contributed by atoms with E-state index in [4.69, 9.17) is 13.8 Å². The van der Waals surface area contributed by atoms with Crippen LogP contribution in [-0.2, 0) is 32.7 Å². The Hall–Kier alpha value is -2.56. The zero-order chi connectivity index (χ0) is 40.0. The number of aliphatic carboxylic acids is 1. The van der Waals surface area contributed by atoms with Crippen LogP contribution in [0.1, 0.15) is 168 Å². The minimum Gasteiger partial charge on any atom is -0.480 e. The summed E-state index contributed by atoms with van der Waals surface area (Å²) in [7, 11) is -4.76. The molecule has 0 bridgehead atoms. The summed E-state index contributed by atoms with van der Waals surface area (Å²) in [4.78, 5) is 45.8. The molecule has 0 radical (unpaired) electrons. The smallest absolute Gasteiger partial charge is 0.472 e. The van der Waals surface area contributed by atoms with Crippen molar-refractivity contribution in [2.75, 3.05) is 19.8 Å². The van der Waals surface area contributed by atoms with E-state index in [0.29, 0.717) is 12.8 Å². The quantitative estimate of drug-likeness (QED) is 0.0205. The summed E-state index contributed by atoms with van der Waals surface area (Å²) in [5, 5.41) is 21.8. The Kier molecular flexibility index (Phi) is 35.6. The minimum atomic E-state index is -4.76. The first-order chi connectivity index (χ1) is 26.1. The van der Waals surface area contributed by atoms with Gasteiger partial charge in [0.05, 0.1) is 13.2 Å². The van der Waals surface area contributed by atoms with E-state index in [-0.39, 0.29) is 12.8 Å². The SMILES string of the molecule is CCC/C=C\C/C=C\CCCCCCCC(=O)OCC(O)COP(=O)(O)OCC(NC(=O)CCCCCCCCC/C=C\C/C=C\CCCCC)C(=O)O.